The molecule has 1 fully saturated rings. The van der Waals surface area contributed by atoms with E-state index in [1.807, 2.05) is 48.5 Å². The highest BCUT2D eigenvalue weighted by atomic mass is 32.2. The number of hydrogen-bond acceptors (Lipinski definition) is 14. The molecule has 0 radical (unpaired) electrons. The third kappa shape index (κ3) is 24.2. The molecule has 0 aromatic rings. The largest absolute Gasteiger partial charge is 0.390 e. The van der Waals surface area contributed by atoms with Crippen molar-refractivity contribution in [2.45, 2.75) is 254 Å². The third-order valence-electron chi connectivity index (χ3n) is 17.3. The van der Waals surface area contributed by atoms with E-state index < -0.39 is 161 Å². The van der Waals surface area contributed by atoms with Crippen LogP contribution in [0.25, 0.3) is 0 Å². The van der Waals surface area contributed by atoms with Gasteiger partial charge in [0.15, 0.2) is 0 Å². The molecule has 11 amide bonds. The zero-order valence-electron chi connectivity index (χ0n) is 60.5. The van der Waals surface area contributed by atoms with Crippen molar-refractivity contribution in [3.05, 3.63) is 12.2 Å². The molecule has 0 bridgehead atoms. The van der Waals surface area contributed by atoms with Gasteiger partial charge in [-0.15, -0.1) is 0 Å². The number of nitrogens with one attached hydrogen (secondary N) is 4. The Labute approximate surface area is 555 Å². The maximum atomic E-state index is 15.3. The van der Waals surface area contributed by atoms with E-state index in [1.165, 1.54) is 113 Å². The summed E-state index contributed by atoms with van der Waals surface area (Å²) in [7, 11) is 9.88. The lowest BCUT2D eigenvalue weighted by molar-refractivity contribution is -0.157. The van der Waals surface area contributed by atoms with Gasteiger partial charge in [0.2, 0.25) is 65.0 Å². The quantitative estimate of drug-likeness (QED) is 0.0733. The van der Waals surface area contributed by atoms with Crippen molar-refractivity contribution in [3.63, 3.8) is 0 Å². The second kappa shape index (κ2) is 38.5. The van der Waals surface area contributed by atoms with Crippen molar-refractivity contribution in [3.8, 4) is 0 Å². The molecule has 24 nitrogen and oxygen atoms in total. The zero-order valence-corrected chi connectivity index (χ0v) is 61.4. The Morgan fingerprint density at radius 3 is 1.40 bits per heavy atom. The Kier molecular flexibility index (Phi) is 35.3. The van der Waals surface area contributed by atoms with Gasteiger partial charge < -0.3 is 65.8 Å². The lowest BCUT2D eigenvalue weighted by Crippen LogP contribution is -2.64. The van der Waals surface area contributed by atoms with Crippen LogP contribution >= 0.6 is 11.8 Å². The van der Waals surface area contributed by atoms with Crippen molar-refractivity contribution >= 4 is 76.7 Å². The molecule has 1 aliphatic heterocycles. The summed E-state index contributed by atoms with van der Waals surface area (Å²) in [6.07, 6.45) is 4.01. The van der Waals surface area contributed by atoms with Crippen LogP contribution in [-0.4, -0.2) is 248 Å². The topological polar surface area (TPSA) is 299 Å². The van der Waals surface area contributed by atoms with E-state index in [9.17, 15) is 34.2 Å². The first-order chi connectivity index (χ1) is 42.5. The molecular weight excluding hydrogens is 1200 g/mol. The summed E-state index contributed by atoms with van der Waals surface area (Å²) in [6, 6.07) is -14.3. The van der Waals surface area contributed by atoms with Gasteiger partial charge in [-0.25, -0.2) is 0 Å². The molecule has 13 atom stereocenters. The average molecular weight is 1320 g/mol. The van der Waals surface area contributed by atoms with Crippen molar-refractivity contribution in [1.29, 1.82) is 0 Å². The Hall–Kier alpha value is -5.82. The fraction of sp³-hybridized carbons (Fsp3) is 0.806. The lowest BCUT2D eigenvalue weighted by Gasteiger charge is -2.41. The van der Waals surface area contributed by atoms with E-state index in [2.05, 4.69) is 21.3 Å². The molecule has 0 aliphatic carbocycles. The number of likely N-dealkylation sites (N-methyl/N-ethyl adjacent to an activating group) is 7. The minimum atomic E-state index is -1.65. The van der Waals surface area contributed by atoms with Crippen molar-refractivity contribution in [1.82, 2.24) is 55.6 Å². The molecule has 0 aromatic carbocycles. The lowest BCUT2D eigenvalue weighted by atomic mass is 9.91. The maximum absolute atomic E-state index is 15.3. The SMILES string of the molecule is C/C=C/C[C@@H](C)[C@@H](O)[C@H]1C(=O)N[C@@H](CC)C(=O)N(C)[C@H](CSCCCC)C(=O)N(C)[C@@H](CC(C)(C)O)C(=O)N[C@@H](C(C)C)C(=O)N(C)[C@@H](CC(C)C)C(=O)N[C@@H](C)C(=O)N[C@H](C)C(=O)N(C)[C@@H](CC(C)C)C(=O)N(C)[C@@H](CC(C)C)C(=O)N(C)[C@@H](C(C)C)C(=O)N1C. The third-order valence-corrected chi connectivity index (χ3v) is 18.4. The first-order valence-electron chi connectivity index (χ1n) is 33.1. The number of aliphatic hydroxyl groups excluding tert-OH is 1. The van der Waals surface area contributed by atoms with Gasteiger partial charge >= 0.3 is 0 Å². The molecule has 0 aromatic heterocycles. The number of rotatable bonds is 20. The van der Waals surface area contributed by atoms with Crippen LogP contribution in [-0.2, 0) is 52.7 Å². The molecule has 25 heteroatoms. The van der Waals surface area contributed by atoms with Crippen LogP contribution in [0.15, 0.2) is 12.2 Å². The van der Waals surface area contributed by atoms with Gasteiger partial charge in [-0.05, 0) is 114 Å². The van der Waals surface area contributed by atoms with Crippen molar-refractivity contribution in [2.75, 3.05) is 60.8 Å². The second-order valence-electron chi connectivity index (χ2n) is 28.1. The summed E-state index contributed by atoms with van der Waals surface area (Å²) in [6.45, 7) is 31.0. The van der Waals surface area contributed by atoms with E-state index in [-0.39, 0.29) is 55.6 Å². The Morgan fingerprint density at radius 1 is 0.500 bits per heavy atom. The molecular formula is C67H121N11O13S. The number of unbranched alkanes of at least 4 members (excludes halogenated alkanes) is 1. The minimum Gasteiger partial charge on any atom is -0.390 e. The standard InChI is InChI=1S/C67H121N11O13S/c1-26-29-31-43(14)55(79)54-59(83)70-46(28-3)61(85)76(23)51(37-92-32-30-27-2)64(88)75(22)50(36-67(17,18)91)58(82)71-52(41(10)11)65(89)72(19)47(33-38(4)5)57(81)68-44(15)56(80)69-45(16)60(84)73(20)48(34-39(6)7)62(86)74(21)49(35-40(8)9)63(87)77(24)53(42(12)13)66(90)78(54)25/h26,29,38-55,79,91H,27-28,30-37H2,1-25H3,(H,68,81)(H,69,80)(H,70,83)(H,71,82)/b29-26+/t43-,44+,45-,46+,47+,48+,49+,50+,51-,52+,53+,54+,55-/m1/s1. The number of aliphatic hydroxyl groups is 2. The predicted octanol–water partition coefficient (Wildman–Crippen LogP) is 4.29. The zero-order chi connectivity index (χ0) is 71.3. The highest BCUT2D eigenvalue weighted by Gasteiger charge is 2.47. The highest BCUT2D eigenvalue weighted by Crippen LogP contribution is 2.27. The van der Waals surface area contributed by atoms with E-state index in [0.29, 0.717) is 12.2 Å². The smallest absolute Gasteiger partial charge is 0.246 e. The minimum absolute atomic E-state index is 0.0178. The fourth-order valence-electron chi connectivity index (χ4n) is 11.4. The van der Waals surface area contributed by atoms with Gasteiger partial charge in [-0.2, -0.15) is 11.8 Å². The van der Waals surface area contributed by atoms with Crippen LogP contribution in [0.1, 0.15) is 176 Å². The van der Waals surface area contributed by atoms with E-state index >= 15 is 28.8 Å². The number of carbonyl (C=O) groups excluding carboxylic acids is 11. The molecule has 1 aliphatic rings. The second-order valence-corrected chi connectivity index (χ2v) is 29.3. The summed E-state index contributed by atoms with van der Waals surface area (Å²) >= 11 is 1.40. The highest BCUT2D eigenvalue weighted by molar-refractivity contribution is 7.99. The van der Waals surface area contributed by atoms with Gasteiger partial charge in [0.25, 0.3) is 0 Å². The monoisotopic (exact) mass is 1320 g/mol. The first-order valence-corrected chi connectivity index (χ1v) is 34.3. The summed E-state index contributed by atoms with van der Waals surface area (Å²) < 4.78 is 0. The Bertz CT molecular complexity index is 2510. The number of thioether (sulfide) groups is 1. The van der Waals surface area contributed by atoms with Crippen LogP contribution in [0.5, 0.6) is 0 Å². The van der Waals surface area contributed by atoms with Crippen LogP contribution in [0.2, 0.25) is 0 Å². The molecule has 0 spiro atoms. The van der Waals surface area contributed by atoms with Gasteiger partial charge in [-0.1, -0.05) is 109 Å². The number of carbonyl (C=O) groups is 11. The Morgan fingerprint density at radius 2 is 0.935 bits per heavy atom. The van der Waals surface area contributed by atoms with E-state index in [1.54, 1.807) is 60.6 Å². The molecule has 1 saturated heterocycles. The average Bonchev–Trinajstić information content (AvgIpc) is 0.865. The van der Waals surface area contributed by atoms with Gasteiger partial charge in [0.05, 0.1) is 11.7 Å². The first kappa shape index (κ1) is 84.2. The summed E-state index contributed by atoms with van der Waals surface area (Å²) in [5.41, 5.74) is -1.57. The normalized spacial score (nSPS) is 26.7. The summed E-state index contributed by atoms with van der Waals surface area (Å²) in [5.74, 6) is -9.55. The van der Waals surface area contributed by atoms with Crippen LogP contribution in [0.4, 0.5) is 0 Å². The van der Waals surface area contributed by atoms with Crippen molar-refractivity contribution < 1.29 is 63.0 Å². The van der Waals surface area contributed by atoms with Gasteiger partial charge in [0, 0.05) is 61.5 Å². The number of amides is 11. The van der Waals surface area contributed by atoms with Gasteiger partial charge in [0.1, 0.15) is 66.5 Å². The molecule has 1 heterocycles. The fourth-order valence-corrected chi connectivity index (χ4v) is 12.7. The van der Waals surface area contributed by atoms with Crippen molar-refractivity contribution in [2.24, 2.45) is 35.5 Å². The molecule has 528 valence electrons. The predicted molar refractivity (Wildman–Crippen MR) is 361 cm³/mol. The van der Waals surface area contributed by atoms with E-state index in [4.69, 9.17) is 0 Å². The number of allylic oxidation sites excluding steroid dienone is 2. The summed E-state index contributed by atoms with van der Waals surface area (Å²) in [4.78, 5) is 172. The number of nitrogens with zero attached hydrogens (tertiary/aromatic N) is 7. The Balaban J connectivity index is 4.55. The molecule has 92 heavy (non-hydrogen) atoms. The number of hydrogen-bond donors (Lipinski definition) is 6. The van der Waals surface area contributed by atoms with Crippen LogP contribution in [0, 0.1) is 35.5 Å². The van der Waals surface area contributed by atoms with Crippen LogP contribution < -0.4 is 21.3 Å². The van der Waals surface area contributed by atoms with Gasteiger partial charge in [-0.3, -0.25) is 52.7 Å². The molecule has 0 unspecified atom stereocenters. The van der Waals surface area contributed by atoms with Crippen LogP contribution in [0.3, 0.4) is 0 Å². The summed E-state index contributed by atoms with van der Waals surface area (Å²) in [5, 5.41) is 34.6. The maximum Gasteiger partial charge on any atom is 0.246 e. The molecule has 1 rings (SSSR count). The molecule has 6 N–H and O–H groups in total. The molecule has 0 saturated carbocycles. The van der Waals surface area contributed by atoms with E-state index in [0.717, 1.165) is 22.6 Å².